The number of para-hydroxylation sites is 1. The standard InChI is InChI=1S/C24H26N6/c1-30(2)16-8-15-25-21-17-22(29-24(28-21)19-9-4-3-5-10-19)27-20-13-6-11-18-12-7-14-26-23(18)20/h3-7,9-14,17H,8,15-16H2,1-2H3,(H2,25,27,28,29). The molecule has 0 radical (unpaired) electrons. The molecule has 0 atom stereocenters. The van der Waals surface area contributed by atoms with Gasteiger partial charge in [0.1, 0.15) is 11.6 Å². The second kappa shape index (κ2) is 9.33. The van der Waals surface area contributed by atoms with E-state index in [0.717, 1.165) is 53.3 Å². The third-order valence-corrected chi connectivity index (χ3v) is 4.74. The van der Waals surface area contributed by atoms with E-state index in [4.69, 9.17) is 9.97 Å². The molecule has 152 valence electrons. The molecule has 6 nitrogen and oxygen atoms in total. The van der Waals surface area contributed by atoms with Gasteiger partial charge in [-0.05, 0) is 39.2 Å². The van der Waals surface area contributed by atoms with Crippen LogP contribution in [0.2, 0.25) is 0 Å². The van der Waals surface area contributed by atoms with Gasteiger partial charge in [0.05, 0.1) is 11.2 Å². The van der Waals surface area contributed by atoms with E-state index < -0.39 is 0 Å². The van der Waals surface area contributed by atoms with Crippen LogP contribution in [0.15, 0.2) is 72.9 Å². The molecule has 2 aromatic heterocycles. The Morgan fingerprint density at radius 1 is 0.867 bits per heavy atom. The van der Waals surface area contributed by atoms with Crippen LogP contribution in [0.4, 0.5) is 17.3 Å². The number of pyridine rings is 1. The summed E-state index contributed by atoms with van der Waals surface area (Å²) in [5, 5.41) is 7.97. The van der Waals surface area contributed by atoms with E-state index in [9.17, 15) is 0 Å². The highest BCUT2D eigenvalue weighted by Crippen LogP contribution is 2.26. The van der Waals surface area contributed by atoms with Crippen molar-refractivity contribution in [3.63, 3.8) is 0 Å². The first-order valence-corrected chi connectivity index (χ1v) is 10.1. The molecule has 6 heteroatoms. The van der Waals surface area contributed by atoms with Crippen LogP contribution in [0.3, 0.4) is 0 Å². The van der Waals surface area contributed by atoms with Crippen molar-refractivity contribution in [3.8, 4) is 11.4 Å². The van der Waals surface area contributed by atoms with Crippen LogP contribution in [0, 0.1) is 0 Å². The quantitative estimate of drug-likeness (QED) is 0.416. The molecular weight excluding hydrogens is 372 g/mol. The number of nitrogens with one attached hydrogen (secondary N) is 2. The zero-order chi connectivity index (χ0) is 20.8. The predicted molar refractivity (Wildman–Crippen MR) is 124 cm³/mol. The average Bonchev–Trinajstić information content (AvgIpc) is 2.77. The fourth-order valence-corrected chi connectivity index (χ4v) is 3.27. The molecule has 0 amide bonds. The topological polar surface area (TPSA) is 66.0 Å². The second-order valence-electron chi connectivity index (χ2n) is 7.42. The minimum atomic E-state index is 0.684. The zero-order valence-corrected chi connectivity index (χ0v) is 17.3. The number of fused-ring (bicyclic) bond motifs is 1. The van der Waals surface area contributed by atoms with E-state index >= 15 is 0 Å². The van der Waals surface area contributed by atoms with Crippen molar-refractivity contribution in [3.05, 3.63) is 72.9 Å². The Bertz CT molecular complexity index is 1110. The highest BCUT2D eigenvalue weighted by atomic mass is 15.1. The van der Waals surface area contributed by atoms with Crippen molar-refractivity contribution < 1.29 is 0 Å². The molecule has 0 spiro atoms. The summed E-state index contributed by atoms with van der Waals surface area (Å²) in [4.78, 5) is 16.2. The highest BCUT2D eigenvalue weighted by molar-refractivity contribution is 5.91. The van der Waals surface area contributed by atoms with Crippen LogP contribution in [-0.2, 0) is 0 Å². The van der Waals surface area contributed by atoms with Crippen LogP contribution >= 0.6 is 0 Å². The molecule has 0 bridgehead atoms. The van der Waals surface area contributed by atoms with Gasteiger partial charge in [-0.3, -0.25) is 4.98 Å². The van der Waals surface area contributed by atoms with E-state index in [2.05, 4.69) is 46.7 Å². The second-order valence-corrected chi connectivity index (χ2v) is 7.42. The molecule has 0 aliphatic heterocycles. The lowest BCUT2D eigenvalue weighted by Gasteiger charge is -2.13. The number of rotatable bonds is 8. The minimum absolute atomic E-state index is 0.684. The Kier molecular flexibility index (Phi) is 6.15. The zero-order valence-electron chi connectivity index (χ0n) is 17.3. The van der Waals surface area contributed by atoms with Crippen LogP contribution in [0.25, 0.3) is 22.3 Å². The number of aromatic nitrogens is 3. The summed E-state index contributed by atoms with van der Waals surface area (Å²) in [6, 6.07) is 22.1. The number of hydrogen-bond acceptors (Lipinski definition) is 6. The summed E-state index contributed by atoms with van der Waals surface area (Å²) in [6.07, 6.45) is 2.84. The van der Waals surface area contributed by atoms with Crippen LogP contribution in [0.1, 0.15) is 6.42 Å². The first-order chi connectivity index (χ1) is 14.7. The monoisotopic (exact) mass is 398 g/mol. The minimum Gasteiger partial charge on any atom is -0.370 e. The molecule has 0 aliphatic rings. The molecule has 4 rings (SSSR count). The summed E-state index contributed by atoms with van der Waals surface area (Å²) >= 11 is 0. The van der Waals surface area contributed by atoms with Gasteiger partial charge >= 0.3 is 0 Å². The van der Waals surface area contributed by atoms with Gasteiger partial charge in [0, 0.05) is 29.8 Å². The Hall–Kier alpha value is -3.51. The first kappa shape index (κ1) is 19.8. The molecular formula is C24H26N6. The normalized spacial score (nSPS) is 11.0. The molecule has 30 heavy (non-hydrogen) atoms. The summed E-state index contributed by atoms with van der Waals surface area (Å²) < 4.78 is 0. The van der Waals surface area contributed by atoms with Crippen molar-refractivity contribution in [2.75, 3.05) is 37.8 Å². The van der Waals surface area contributed by atoms with Gasteiger partial charge in [-0.25, -0.2) is 9.97 Å². The van der Waals surface area contributed by atoms with Gasteiger partial charge in [0.15, 0.2) is 5.82 Å². The van der Waals surface area contributed by atoms with Gasteiger partial charge in [-0.15, -0.1) is 0 Å². The Balaban J connectivity index is 1.64. The van der Waals surface area contributed by atoms with E-state index in [-0.39, 0.29) is 0 Å². The van der Waals surface area contributed by atoms with Crippen molar-refractivity contribution in [1.29, 1.82) is 0 Å². The Morgan fingerprint density at radius 3 is 2.50 bits per heavy atom. The van der Waals surface area contributed by atoms with Crippen LogP contribution < -0.4 is 10.6 Å². The lowest BCUT2D eigenvalue weighted by molar-refractivity contribution is 0.405. The molecule has 0 fully saturated rings. The average molecular weight is 399 g/mol. The van der Waals surface area contributed by atoms with Crippen molar-refractivity contribution in [2.45, 2.75) is 6.42 Å². The first-order valence-electron chi connectivity index (χ1n) is 10.1. The van der Waals surface area contributed by atoms with Crippen molar-refractivity contribution >= 4 is 28.2 Å². The summed E-state index contributed by atoms with van der Waals surface area (Å²) in [6.45, 7) is 1.87. The van der Waals surface area contributed by atoms with Crippen LogP contribution in [0.5, 0.6) is 0 Å². The predicted octanol–water partition coefficient (Wildman–Crippen LogP) is 4.80. The Morgan fingerprint density at radius 2 is 1.67 bits per heavy atom. The fraction of sp³-hybridized carbons (Fsp3) is 0.208. The lowest BCUT2D eigenvalue weighted by Crippen LogP contribution is -2.16. The third-order valence-electron chi connectivity index (χ3n) is 4.74. The molecule has 0 saturated heterocycles. The maximum absolute atomic E-state index is 4.76. The van der Waals surface area contributed by atoms with Gasteiger partial charge < -0.3 is 15.5 Å². The molecule has 0 unspecified atom stereocenters. The smallest absolute Gasteiger partial charge is 0.163 e. The van der Waals surface area contributed by atoms with Gasteiger partial charge in [-0.2, -0.15) is 0 Å². The van der Waals surface area contributed by atoms with Gasteiger partial charge in [0.2, 0.25) is 0 Å². The van der Waals surface area contributed by atoms with Crippen molar-refractivity contribution in [1.82, 2.24) is 19.9 Å². The summed E-state index contributed by atoms with van der Waals surface area (Å²) in [5.74, 6) is 2.22. The maximum atomic E-state index is 4.76. The van der Waals surface area contributed by atoms with Crippen molar-refractivity contribution in [2.24, 2.45) is 0 Å². The fourth-order valence-electron chi connectivity index (χ4n) is 3.27. The largest absolute Gasteiger partial charge is 0.370 e. The summed E-state index contributed by atoms with van der Waals surface area (Å²) in [5.41, 5.74) is 2.82. The lowest BCUT2D eigenvalue weighted by atomic mass is 10.2. The number of benzene rings is 2. The van der Waals surface area contributed by atoms with E-state index in [1.165, 1.54) is 0 Å². The maximum Gasteiger partial charge on any atom is 0.163 e. The van der Waals surface area contributed by atoms with Gasteiger partial charge in [0.25, 0.3) is 0 Å². The Labute approximate surface area is 177 Å². The van der Waals surface area contributed by atoms with Crippen LogP contribution in [-0.4, -0.2) is 47.0 Å². The number of nitrogens with zero attached hydrogens (tertiary/aromatic N) is 4. The molecule has 2 heterocycles. The third kappa shape index (κ3) is 4.90. The molecule has 2 N–H and O–H groups in total. The highest BCUT2D eigenvalue weighted by Gasteiger charge is 2.09. The van der Waals surface area contributed by atoms with E-state index in [1.807, 2.05) is 54.6 Å². The molecule has 0 saturated carbocycles. The number of anilines is 3. The molecule has 2 aromatic carbocycles. The molecule has 0 aliphatic carbocycles. The SMILES string of the molecule is CN(C)CCCNc1cc(Nc2cccc3cccnc23)nc(-c2ccccc2)n1. The van der Waals surface area contributed by atoms with E-state index in [1.54, 1.807) is 6.20 Å². The van der Waals surface area contributed by atoms with Gasteiger partial charge in [-0.1, -0.05) is 48.5 Å². The molecule has 4 aromatic rings. The number of hydrogen-bond donors (Lipinski definition) is 2. The van der Waals surface area contributed by atoms with E-state index in [0.29, 0.717) is 5.82 Å². The summed E-state index contributed by atoms with van der Waals surface area (Å²) in [7, 11) is 4.16.